The van der Waals surface area contributed by atoms with Crippen LogP contribution in [-0.4, -0.2) is 67.4 Å². The number of H-pyrrole nitrogens is 1. The molecule has 7 heteroatoms. The molecule has 0 aromatic carbocycles. The summed E-state index contributed by atoms with van der Waals surface area (Å²) in [4.78, 5) is 17.4. The second-order valence-electron chi connectivity index (χ2n) is 5.35. The van der Waals surface area contributed by atoms with Crippen molar-refractivity contribution in [1.29, 1.82) is 0 Å². The molecule has 1 fully saturated rings. The van der Waals surface area contributed by atoms with Crippen LogP contribution >= 0.6 is 0 Å². The first-order chi connectivity index (χ1) is 9.27. The van der Waals surface area contributed by atoms with Crippen molar-refractivity contribution in [2.24, 2.45) is 0 Å². The molecule has 1 aliphatic rings. The number of hydrogen-bond acceptors (Lipinski definition) is 4. The van der Waals surface area contributed by atoms with Crippen molar-refractivity contribution < 1.29 is 13.2 Å². The van der Waals surface area contributed by atoms with E-state index in [-0.39, 0.29) is 5.78 Å². The Morgan fingerprint density at radius 3 is 2.30 bits per heavy atom. The van der Waals surface area contributed by atoms with E-state index in [9.17, 15) is 13.2 Å². The highest BCUT2D eigenvalue weighted by molar-refractivity contribution is 7.88. The number of aryl methyl sites for hydroxylation is 2. The summed E-state index contributed by atoms with van der Waals surface area (Å²) >= 11 is 0. The minimum Gasteiger partial charge on any atom is -0.362 e. The predicted molar refractivity (Wildman–Crippen MR) is 77.5 cm³/mol. The summed E-state index contributed by atoms with van der Waals surface area (Å²) in [6.07, 6.45) is 1.22. The Balaban J connectivity index is 1.93. The van der Waals surface area contributed by atoms with E-state index in [1.807, 2.05) is 24.8 Å². The molecule has 1 saturated heterocycles. The number of sulfonamides is 1. The second-order valence-corrected chi connectivity index (χ2v) is 7.33. The van der Waals surface area contributed by atoms with Crippen LogP contribution in [0, 0.1) is 13.8 Å². The molecule has 1 aromatic rings. The van der Waals surface area contributed by atoms with Gasteiger partial charge in [0.25, 0.3) is 0 Å². The van der Waals surface area contributed by atoms with Gasteiger partial charge in [0.1, 0.15) is 0 Å². The number of rotatable bonds is 4. The van der Waals surface area contributed by atoms with Crippen LogP contribution in [-0.2, 0) is 10.0 Å². The van der Waals surface area contributed by atoms with Gasteiger partial charge in [-0.25, -0.2) is 8.42 Å². The van der Waals surface area contributed by atoms with Crippen LogP contribution in [0.5, 0.6) is 0 Å². The summed E-state index contributed by atoms with van der Waals surface area (Å²) in [6.45, 7) is 6.27. The average Bonchev–Trinajstić information content (AvgIpc) is 2.68. The summed E-state index contributed by atoms with van der Waals surface area (Å²) in [5, 5.41) is 0. The van der Waals surface area contributed by atoms with E-state index in [2.05, 4.69) is 4.98 Å². The van der Waals surface area contributed by atoms with Gasteiger partial charge in [0, 0.05) is 43.1 Å². The lowest BCUT2D eigenvalue weighted by Gasteiger charge is -2.32. The normalized spacial score (nSPS) is 18.4. The van der Waals surface area contributed by atoms with E-state index in [4.69, 9.17) is 0 Å². The van der Waals surface area contributed by atoms with Crippen molar-refractivity contribution in [2.45, 2.75) is 13.8 Å². The van der Waals surface area contributed by atoms with Gasteiger partial charge in [0.15, 0.2) is 5.78 Å². The van der Waals surface area contributed by atoms with Crippen molar-refractivity contribution in [3.05, 3.63) is 23.0 Å². The number of Topliss-reactive ketones (excluding diaryl/α,β-unsaturated/α-hetero) is 1. The highest BCUT2D eigenvalue weighted by atomic mass is 32.2. The Labute approximate surface area is 119 Å². The number of carbonyl (C=O) groups is 1. The second kappa shape index (κ2) is 5.67. The van der Waals surface area contributed by atoms with Gasteiger partial charge in [-0.1, -0.05) is 0 Å². The summed E-state index contributed by atoms with van der Waals surface area (Å²) in [5.41, 5.74) is 2.60. The zero-order valence-electron chi connectivity index (χ0n) is 12.1. The van der Waals surface area contributed by atoms with Crippen LogP contribution < -0.4 is 0 Å². The fourth-order valence-electron chi connectivity index (χ4n) is 2.52. The van der Waals surface area contributed by atoms with Crippen LogP contribution in [0.15, 0.2) is 6.07 Å². The van der Waals surface area contributed by atoms with Crippen molar-refractivity contribution in [3.63, 3.8) is 0 Å². The molecule has 1 aliphatic heterocycles. The van der Waals surface area contributed by atoms with Gasteiger partial charge in [-0.15, -0.1) is 0 Å². The summed E-state index contributed by atoms with van der Waals surface area (Å²) in [7, 11) is -3.12. The lowest BCUT2D eigenvalue weighted by molar-refractivity contribution is 0.0901. The maximum absolute atomic E-state index is 12.2. The van der Waals surface area contributed by atoms with Crippen molar-refractivity contribution in [2.75, 3.05) is 39.0 Å². The van der Waals surface area contributed by atoms with Crippen LogP contribution in [0.2, 0.25) is 0 Å². The molecule has 6 nitrogen and oxygen atoms in total. The molecule has 0 aliphatic carbocycles. The summed E-state index contributed by atoms with van der Waals surface area (Å²) in [5.74, 6) is 0.0830. The smallest absolute Gasteiger partial charge is 0.211 e. The lowest BCUT2D eigenvalue weighted by Crippen LogP contribution is -2.49. The Morgan fingerprint density at radius 2 is 1.85 bits per heavy atom. The first-order valence-electron chi connectivity index (χ1n) is 6.64. The molecule has 0 atom stereocenters. The predicted octanol–water partition coefficient (Wildman–Crippen LogP) is 0.391. The average molecular weight is 299 g/mol. The van der Waals surface area contributed by atoms with E-state index in [0.29, 0.717) is 32.7 Å². The van der Waals surface area contributed by atoms with Gasteiger partial charge in [0.05, 0.1) is 12.8 Å². The highest BCUT2D eigenvalue weighted by Crippen LogP contribution is 2.12. The van der Waals surface area contributed by atoms with E-state index < -0.39 is 10.0 Å². The largest absolute Gasteiger partial charge is 0.362 e. The third-order valence-electron chi connectivity index (χ3n) is 3.62. The Kier molecular flexibility index (Phi) is 4.31. The first-order valence-corrected chi connectivity index (χ1v) is 8.49. The summed E-state index contributed by atoms with van der Waals surface area (Å²) in [6, 6.07) is 1.87. The molecule has 1 N–H and O–H groups in total. The van der Waals surface area contributed by atoms with Crippen LogP contribution in [0.25, 0.3) is 0 Å². The van der Waals surface area contributed by atoms with Gasteiger partial charge in [-0.2, -0.15) is 4.31 Å². The van der Waals surface area contributed by atoms with Gasteiger partial charge < -0.3 is 4.98 Å². The SMILES string of the molecule is Cc1cc(C(=O)CN2CCN(S(C)(=O)=O)CC2)c(C)[nH]1. The number of aromatic amines is 1. The van der Waals surface area contributed by atoms with E-state index >= 15 is 0 Å². The van der Waals surface area contributed by atoms with Crippen LogP contribution in [0.3, 0.4) is 0 Å². The van der Waals surface area contributed by atoms with E-state index in [0.717, 1.165) is 17.0 Å². The number of carbonyl (C=O) groups excluding carboxylic acids is 1. The van der Waals surface area contributed by atoms with Crippen molar-refractivity contribution in [3.8, 4) is 0 Å². The molecule has 2 rings (SSSR count). The molecule has 0 unspecified atom stereocenters. The molecule has 0 amide bonds. The standard InChI is InChI=1S/C13H21N3O3S/c1-10-8-12(11(2)14-10)13(17)9-15-4-6-16(7-5-15)20(3,18)19/h8,14H,4-7,9H2,1-3H3. The molecule has 20 heavy (non-hydrogen) atoms. The maximum atomic E-state index is 12.2. The minimum atomic E-state index is -3.12. The minimum absolute atomic E-state index is 0.0830. The number of piperazine rings is 1. The third-order valence-corrected chi connectivity index (χ3v) is 4.92. The number of nitrogens with zero attached hydrogens (tertiary/aromatic N) is 2. The topological polar surface area (TPSA) is 73.5 Å². The molecule has 1 aromatic heterocycles. The van der Waals surface area contributed by atoms with Gasteiger partial charge in [-0.3, -0.25) is 9.69 Å². The fourth-order valence-corrected chi connectivity index (χ4v) is 3.35. The molecule has 0 bridgehead atoms. The van der Waals surface area contributed by atoms with Crippen LogP contribution in [0.1, 0.15) is 21.7 Å². The van der Waals surface area contributed by atoms with E-state index in [1.165, 1.54) is 10.6 Å². The van der Waals surface area contributed by atoms with Crippen molar-refractivity contribution >= 4 is 15.8 Å². The quantitative estimate of drug-likeness (QED) is 0.816. The van der Waals surface area contributed by atoms with Gasteiger partial charge >= 0.3 is 0 Å². The third kappa shape index (κ3) is 3.47. The number of aromatic nitrogens is 1. The number of hydrogen-bond donors (Lipinski definition) is 1. The maximum Gasteiger partial charge on any atom is 0.211 e. The highest BCUT2D eigenvalue weighted by Gasteiger charge is 2.25. The zero-order valence-corrected chi connectivity index (χ0v) is 13.0. The monoisotopic (exact) mass is 299 g/mol. The summed E-state index contributed by atoms with van der Waals surface area (Å²) < 4.78 is 24.3. The molecular weight excluding hydrogens is 278 g/mol. The molecule has 0 spiro atoms. The molecule has 0 saturated carbocycles. The lowest BCUT2D eigenvalue weighted by atomic mass is 10.1. The molecular formula is C13H21N3O3S. The Hall–Kier alpha value is -1.18. The van der Waals surface area contributed by atoms with Crippen molar-refractivity contribution in [1.82, 2.24) is 14.2 Å². The Morgan fingerprint density at radius 1 is 1.25 bits per heavy atom. The number of nitrogens with one attached hydrogen (secondary N) is 1. The van der Waals surface area contributed by atoms with Crippen LogP contribution in [0.4, 0.5) is 0 Å². The Bertz CT molecular complexity index is 598. The van der Waals surface area contributed by atoms with Gasteiger partial charge in [-0.05, 0) is 19.9 Å². The first kappa shape index (κ1) is 15.2. The molecule has 2 heterocycles. The zero-order chi connectivity index (χ0) is 14.9. The molecule has 112 valence electrons. The fraction of sp³-hybridized carbons (Fsp3) is 0.615. The van der Waals surface area contributed by atoms with Gasteiger partial charge in [0.2, 0.25) is 10.0 Å². The van der Waals surface area contributed by atoms with E-state index in [1.54, 1.807) is 0 Å². The number of ketones is 1. The molecule has 0 radical (unpaired) electrons.